The summed E-state index contributed by atoms with van der Waals surface area (Å²) in [7, 11) is 2.07. The Balaban J connectivity index is 2.04. The quantitative estimate of drug-likeness (QED) is 0.798. The van der Waals surface area contributed by atoms with Crippen LogP contribution in [0, 0.1) is 5.41 Å². The molecule has 3 heteroatoms. The molecule has 0 aromatic carbocycles. The van der Waals surface area contributed by atoms with Crippen LogP contribution in [0.1, 0.15) is 38.9 Å². The fraction of sp³-hybridized carbons (Fsp3) is 0.769. The van der Waals surface area contributed by atoms with Gasteiger partial charge in [0.05, 0.1) is 0 Å². The molecule has 0 aliphatic heterocycles. The van der Waals surface area contributed by atoms with Gasteiger partial charge >= 0.3 is 0 Å². The van der Waals surface area contributed by atoms with E-state index in [1.165, 1.54) is 25.1 Å². The third-order valence-electron chi connectivity index (χ3n) is 3.88. The molecule has 2 rings (SSSR count). The summed E-state index contributed by atoms with van der Waals surface area (Å²) in [4.78, 5) is 4.49. The minimum Gasteiger partial charge on any atom is -0.335 e. The van der Waals surface area contributed by atoms with Crippen molar-refractivity contribution in [1.82, 2.24) is 14.9 Å². The van der Waals surface area contributed by atoms with E-state index in [0.717, 1.165) is 13.0 Å². The molecule has 3 nitrogen and oxygen atoms in total. The molecule has 0 radical (unpaired) electrons. The van der Waals surface area contributed by atoms with Crippen LogP contribution in [0.15, 0.2) is 12.4 Å². The summed E-state index contributed by atoms with van der Waals surface area (Å²) < 4.78 is 2.29. The second-order valence-corrected chi connectivity index (χ2v) is 5.24. The lowest BCUT2D eigenvalue weighted by molar-refractivity contribution is 0.366. The van der Waals surface area contributed by atoms with Crippen molar-refractivity contribution in [2.45, 2.75) is 52.1 Å². The molecule has 1 heterocycles. The predicted octanol–water partition coefficient (Wildman–Crippen LogP) is 2.22. The standard InChI is InChI=1S/C13H23N3/c1-4-8-16-9-7-15-12(16)10-11(14-3)13(2)5-6-13/h7,9,11,14H,4-6,8,10H2,1-3H3. The number of imidazole rings is 1. The van der Waals surface area contributed by atoms with Gasteiger partial charge in [-0.25, -0.2) is 4.98 Å². The molecule has 1 aliphatic carbocycles. The van der Waals surface area contributed by atoms with Crippen LogP contribution < -0.4 is 5.32 Å². The van der Waals surface area contributed by atoms with E-state index in [-0.39, 0.29) is 0 Å². The zero-order valence-electron chi connectivity index (χ0n) is 10.7. The van der Waals surface area contributed by atoms with Gasteiger partial charge in [-0.3, -0.25) is 0 Å². The van der Waals surface area contributed by atoms with Crippen molar-refractivity contribution in [3.63, 3.8) is 0 Å². The van der Waals surface area contributed by atoms with Crippen LogP contribution in [0.3, 0.4) is 0 Å². The van der Waals surface area contributed by atoms with E-state index in [0.29, 0.717) is 11.5 Å². The number of rotatable bonds is 6. The van der Waals surface area contributed by atoms with Crippen molar-refractivity contribution in [3.05, 3.63) is 18.2 Å². The zero-order valence-corrected chi connectivity index (χ0v) is 10.7. The van der Waals surface area contributed by atoms with Crippen LogP contribution in [0.4, 0.5) is 0 Å². The normalized spacial score (nSPS) is 19.7. The zero-order chi connectivity index (χ0) is 11.6. The van der Waals surface area contributed by atoms with Crippen LogP contribution in [0.25, 0.3) is 0 Å². The van der Waals surface area contributed by atoms with E-state index in [1.54, 1.807) is 0 Å². The van der Waals surface area contributed by atoms with Crippen LogP contribution in [0.5, 0.6) is 0 Å². The number of hydrogen-bond donors (Lipinski definition) is 1. The Labute approximate surface area is 98.3 Å². The summed E-state index contributed by atoms with van der Waals surface area (Å²) in [5, 5.41) is 3.46. The summed E-state index contributed by atoms with van der Waals surface area (Å²) in [6.07, 6.45) is 8.96. The van der Waals surface area contributed by atoms with Gasteiger partial charge in [-0.1, -0.05) is 13.8 Å². The van der Waals surface area contributed by atoms with E-state index in [2.05, 4.69) is 42.0 Å². The molecule has 1 atom stereocenters. The van der Waals surface area contributed by atoms with Crippen molar-refractivity contribution in [3.8, 4) is 0 Å². The Hall–Kier alpha value is -0.830. The average molecular weight is 221 g/mol. The fourth-order valence-electron chi connectivity index (χ4n) is 2.40. The Morgan fingerprint density at radius 2 is 2.31 bits per heavy atom. The van der Waals surface area contributed by atoms with Gasteiger partial charge < -0.3 is 9.88 Å². The summed E-state index contributed by atoms with van der Waals surface area (Å²) in [6, 6.07) is 0.575. The summed E-state index contributed by atoms with van der Waals surface area (Å²) in [5.41, 5.74) is 0.512. The van der Waals surface area contributed by atoms with Crippen molar-refractivity contribution in [2.75, 3.05) is 7.05 Å². The maximum atomic E-state index is 4.49. The number of likely N-dealkylation sites (N-methyl/N-ethyl adjacent to an activating group) is 1. The lowest BCUT2D eigenvalue weighted by atomic mass is 9.96. The first-order chi connectivity index (χ1) is 7.69. The Bertz CT molecular complexity index is 339. The number of hydrogen-bond acceptors (Lipinski definition) is 2. The SMILES string of the molecule is CCCn1ccnc1CC(NC)C1(C)CC1. The molecular weight excluding hydrogens is 198 g/mol. The minimum absolute atomic E-state index is 0.512. The third-order valence-corrected chi connectivity index (χ3v) is 3.88. The highest BCUT2D eigenvalue weighted by molar-refractivity contribution is 5.04. The summed E-state index contributed by atoms with van der Waals surface area (Å²) in [5.74, 6) is 1.23. The van der Waals surface area contributed by atoms with Gasteiger partial charge in [-0.15, -0.1) is 0 Å². The fourth-order valence-corrected chi connectivity index (χ4v) is 2.40. The van der Waals surface area contributed by atoms with Crippen molar-refractivity contribution in [1.29, 1.82) is 0 Å². The molecule has 90 valence electrons. The smallest absolute Gasteiger partial charge is 0.110 e. The molecule has 1 aliphatic rings. The molecule has 1 aromatic rings. The van der Waals surface area contributed by atoms with Crippen molar-refractivity contribution >= 4 is 0 Å². The van der Waals surface area contributed by atoms with Crippen molar-refractivity contribution < 1.29 is 0 Å². The second kappa shape index (κ2) is 4.58. The van der Waals surface area contributed by atoms with Gasteiger partial charge in [0.2, 0.25) is 0 Å². The van der Waals surface area contributed by atoms with Crippen LogP contribution >= 0.6 is 0 Å². The molecule has 0 bridgehead atoms. The molecule has 1 unspecified atom stereocenters. The first-order valence-corrected chi connectivity index (χ1v) is 6.37. The van der Waals surface area contributed by atoms with Crippen molar-refractivity contribution in [2.24, 2.45) is 5.41 Å². The van der Waals surface area contributed by atoms with Gasteiger partial charge in [0.15, 0.2) is 0 Å². The van der Waals surface area contributed by atoms with Gasteiger partial charge in [0, 0.05) is 31.4 Å². The van der Waals surface area contributed by atoms with Gasteiger partial charge in [0.1, 0.15) is 5.82 Å². The monoisotopic (exact) mass is 221 g/mol. The molecule has 0 spiro atoms. The second-order valence-electron chi connectivity index (χ2n) is 5.24. The summed E-state index contributed by atoms with van der Waals surface area (Å²) >= 11 is 0. The molecule has 0 amide bonds. The maximum Gasteiger partial charge on any atom is 0.110 e. The summed E-state index contributed by atoms with van der Waals surface area (Å²) in [6.45, 7) is 5.67. The molecule has 1 saturated carbocycles. The van der Waals surface area contributed by atoms with E-state index < -0.39 is 0 Å². The molecule has 0 saturated heterocycles. The number of aromatic nitrogens is 2. The predicted molar refractivity (Wildman–Crippen MR) is 66.4 cm³/mol. The van der Waals surface area contributed by atoms with Gasteiger partial charge in [-0.05, 0) is 31.7 Å². The Kier molecular flexibility index (Phi) is 3.33. The first-order valence-electron chi connectivity index (χ1n) is 6.37. The van der Waals surface area contributed by atoms with E-state index in [4.69, 9.17) is 0 Å². The van der Waals surface area contributed by atoms with Crippen LogP contribution in [-0.2, 0) is 13.0 Å². The van der Waals surface area contributed by atoms with E-state index in [1.807, 2.05) is 6.20 Å². The molecule has 1 aromatic heterocycles. The lowest BCUT2D eigenvalue weighted by Gasteiger charge is -2.23. The lowest BCUT2D eigenvalue weighted by Crippen LogP contribution is -2.36. The number of nitrogens with one attached hydrogen (secondary N) is 1. The Morgan fingerprint density at radius 3 is 2.88 bits per heavy atom. The molecular formula is C13H23N3. The van der Waals surface area contributed by atoms with E-state index >= 15 is 0 Å². The number of aryl methyl sites for hydroxylation is 1. The number of nitrogens with zero attached hydrogens (tertiary/aromatic N) is 2. The van der Waals surface area contributed by atoms with Gasteiger partial charge in [-0.2, -0.15) is 0 Å². The highest BCUT2D eigenvalue weighted by atomic mass is 15.1. The topological polar surface area (TPSA) is 29.9 Å². The highest BCUT2D eigenvalue weighted by Crippen LogP contribution is 2.48. The van der Waals surface area contributed by atoms with Crippen LogP contribution in [0.2, 0.25) is 0 Å². The maximum absolute atomic E-state index is 4.49. The highest BCUT2D eigenvalue weighted by Gasteiger charge is 2.44. The van der Waals surface area contributed by atoms with Gasteiger partial charge in [0.25, 0.3) is 0 Å². The molecule has 16 heavy (non-hydrogen) atoms. The molecule has 1 N–H and O–H groups in total. The molecule has 1 fully saturated rings. The minimum atomic E-state index is 0.512. The largest absolute Gasteiger partial charge is 0.335 e. The average Bonchev–Trinajstić information content (AvgIpc) is 2.87. The Morgan fingerprint density at radius 1 is 1.56 bits per heavy atom. The van der Waals surface area contributed by atoms with Crippen LogP contribution in [-0.4, -0.2) is 22.6 Å². The first kappa shape index (κ1) is 11.6. The van der Waals surface area contributed by atoms with E-state index in [9.17, 15) is 0 Å². The third kappa shape index (κ3) is 2.29.